The lowest BCUT2D eigenvalue weighted by Crippen LogP contribution is -2.61. The molecule has 1 atom stereocenters. The van der Waals surface area contributed by atoms with Gasteiger partial charge < -0.3 is 4.74 Å². The summed E-state index contributed by atoms with van der Waals surface area (Å²) in [4.78, 5) is 5.19. The monoisotopic (exact) mass is 278 g/mol. The normalized spacial score (nSPS) is 27.4. The van der Waals surface area contributed by atoms with E-state index < -0.39 is 0 Å². The van der Waals surface area contributed by atoms with Crippen LogP contribution in [-0.2, 0) is 18.3 Å². The molecule has 5 nitrogen and oxygen atoms in total. The Balaban J connectivity index is 1.58. The molecule has 20 heavy (non-hydrogen) atoms. The van der Waals surface area contributed by atoms with Gasteiger partial charge in [-0.3, -0.25) is 14.5 Å². The number of aryl methyl sites for hydroxylation is 2. The van der Waals surface area contributed by atoms with Crippen molar-refractivity contribution < 1.29 is 4.74 Å². The SMILES string of the molecule is COCCN1CCC12CCN(Cc1cc(C)nn1C)C2. The second-order valence-corrected chi connectivity index (χ2v) is 6.32. The van der Waals surface area contributed by atoms with Crippen LogP contribution in [0.4, 0.5) is 0 Å². The number of hydrogen-bond acceptors (Lipinski definition) is 4. The van der Waals surface area contributed by atoms with Crippen molar-refractivity contribution in [2.75, 3.05) is 39.9 Å². The van der Waals surface area contributed by atoms with Crippen LogP contribution in [0.3, 0.4) is 0 Å². The number of hydrogen-bond donors (Lipinski definition) is 0. The van der Waals surface area contributed by atoms with Gasteiger partial charge in [0.1, 0.15) is 0 Å². The van der Waals surface area contributed by atoms with Crippen molar-refractivity contribution in [1.82, 2.24) is 19.6 Å². The van der Waals surface area contributed by atoms with Crippen LogP contribution in [0.2, 0.25) is 0 Å². The number of methoxy groups -OCH3 is 1. The first-order valence-corrected chi connectivity index (χ1v) is 7.59. The van der Waals surface area contributed by atoms with Crippen LogP contribution in [0.1, 0.15) is 24.2 Å². The van der Waals surface area contributed by atoms with E-state index in [-0.39, 0.29) is 0 Å². The van der Waals surface area contributed by atoms with Gasteiger partial charge in [0.2, 0.25) is 0 Å². The largest absolute Gasteiger partial charge is 0.383 e. The standard InChI is InChI=1S/C15H26N4O/c1-13-10-14(17(2)16-13)11-18-6-4-15(12-18)5-7-19(15)8-9-20-3/h10H,4-9,11-12H2,1-3H3. The zero-order chi connectivity index (χ0) is 14.2. The molecule has 1 aromatic heterocycles. The molecule has 0 saturated carbocycles. The predicted molar refractivity (Wildman–Crippen MR) is 78.6 cm³/mol. The molecule has 2 aliphatic heterocycles. The summed E-state index contributed by atoms with van der Waals surface area (Å²) in [5.41, 5.74) is 2.87. The van der Waals surface area contributed by atoms with Crippen molar-refractivity contribution in [3.63, 3.8) is 0 Å². The summed E-state index contributed by atoms with van der Waals surface area (Å²) >= 11 is 0. The van der Waals surface area contributed by atoms with Crippen molar-refractivity contribution in [3.8, 4) is 0 Å². The second-order valence-electron chi connectivity index (χ2n) is 6.32. The third-order valence-electron chi connectivity index (χ3n) is 4.98. The van der Waals surface area contributed by atoms with Gasteiger partial charge in [0.25, 0.3) is 0 Å². The van der Waals surface area contributed by atoms with E-state index in [0.29, 0.717) is 5.54 Å². The molecule has 112 valence electrons. The highest BCUT2D eigenvalue weighted by Gasteiger charge is 2.48. The third kappa shape index (κ3) is 2.50. The highest BCUT2D eigenvalue weighted by atomic mass is 16.5. The first-order chi connectivity index (χ1) is 9.63. The number of ether oxygens (including phenoxy) is 1. The summed E-state index contributed by atoms with van der Waals surface area (Å²) in [6.45, 7) is 8.65. The maximum absolute atomic E-state index is 5.23. The van der Waals surface area contributed by atoms with Crippen molar-refractivity contribution in [2.24, 2.45) is 7.05 Å². The molecule has 1 unspecified atom stereocenters. The molecule has 3 rings (SSSR count). The fraction of sp³-hybridized carbons (Fsp3) is 0.800. The summed E-state index contributed by atoms with van der Waals surface area (Å²) in [5, 5.41) is 4.44. The molecule has 0 aliphatic carbocycles. The number of nitrogens with zero attached hydrogens (tertiary/aromatic N) is 4. The summed E-state index contributed by atoms with van der Waals surface area (Å²) in [6.07, 6.45) is 2.64. The lowest BCUT2D eigenvalue weighted by atomic mass is 9.84. The molecule has 0 aromatic carbocycles. The molecular weight excluding hydrogens is 252 g/mol. The third-order valence-corrected chi connectivity index (χ3v) is 4.98. The zero-order valence-corrected chi connectivity index (χ0v) is 12.9. The van der Waals surface area contributed by atoms with Crippen molar-refractivity contribution in [3.05, 3.63) is 17.5 Å². The Morgan fingerprint density at radius 2 is 2.15 bits per heavy atom. The van der Waals surface area contributed by atoms with Gasteiger partial charge in [-0.2, -0.15) is 5.10 Å². The van der Waals surface area contributed by atoms with Crippen LogP contribution < -0.4 is 0 Å². The number of rotatable bonds is 5. The van der Waals surface area contributed by atoms with Gasteiger partial charge in [-0.05, 0) is 25.8 Å². The average Bonchev–Trinajstić information content (AvgIpc) is 2.95. The van der Waals surface area contributed by atoms with Crippen molar-refractivity contribution in [2.45, 2.75) is 31.8 Å². The molecule has 2 aliphatic rings. The van der Waals surface area contributed by atoms with Gasteiger partial charge in [0, 0.05) is 52.4 Å². The molecule has 0 amide bonds. The van der Waals surface area contributed by atoms with Gasteiger partial charge in [-0.15, -0.1) is 0 Å². The van der Waals surface area contributed by atoms with Gasteiger partial charge in [-0.25, -0.2) is 0 Å². The van der Waals surface area contributed by atoms with E-state index in [1.54, 1.807) is 7.11 Å². The quantitative estimate of drug-likeness (QED) is 0.805. The maximum atomic E-state index is 5.23. The highest BCUT2D eigenvalue weighted by Crippen LogP contribution is 2.39. The van der Waals surface area contributed by atoms with Crippen LogP contribution in [0, 0.1) is 6.92 Å². The fourth-order valence-corrected chi connectivity index (χ4v) is 3.72. The number of aromatic nitrogens is 2. The van der Waals surface area contributed by atoms with E-state index in [9.17, 15) is 0 Å². The smallest absolute Gasteiger partial charge is 0.0597 e. The van der Waals surface area contributed by atoms with Gasteiger partial charge in [0.15, 0.2) is 0 Å². The van der Waals surface area contributed by atoms with Gasteiger partial charge in [0.05, 0.1) is 18.0 Å². The van der Waals surface area contributed by atoms with Crippen LogP contribution in [-0.4, -0.2) is 65.0 Å². The molecule has 2 saturated heterocycles. The molecule has 1 spiro atoms. The van der Waals surface area contributed by atoms with Crippen LogP contribution in [0.5, 0.6) is 0 Å². The van der Waals surface area contributed by atoms with Crippen molar-refractivity contribution in [1.29, 1.82) is 0 Å². The predicted octanol–water partition coefficient (Wildman–Crippen LogP) is 1.03. The van der Waals surface area contributed by atoms with E-state index in [4.69, 9.17) is 4.74 Å². The Morgan fingerprint density at radius 3 is 2.75 bits per heavy atom. The summed E-state index contributed by atoms with van der Waals surface area (Å²) in [5.74, 6) is 0. The zero-order valence-electron chi connectivity index (χ0n) is 12.9. The maximum Gasteiger partial charge on any atom is 0.0597 e. The molecule has 3 heterocycles. The minimum Gasteiger partial charge on any atom is -0.383 e. The first kappa shape index (κ1) is 14.0. The molecular formula is C15H26N4O. The Hall–Kier alpha value is -0.910. The Labute approximate surface area is 121 Å². The fourth-order valence-electron chi connectivity index (χ4n) is 3.72. The molecule has 5 heteroatoms. The van der Waals surface area contributed by atoms with Gasteiger partial charge in [-0.1, -0.05) is 0 Å². The molecule has 1 aromatic rings. The first-order valence-electron chi connectivity index (χ1n) is 7.59. The Kier molecular flexibility index (Phi) is 3.84. The molecule has 2 fully saturated rings. The highest BCUT2D eigenvalue weighted by molar-refractivity contribution is 5.11. The van der Waals surface area contributed by atoms with E-state index in [2.05, 4.69) is 27.9 Å². The van der Waals surface area contributed by atoms with E-state index in [1.807, 2.05) is 11.7 Å². The summed E-state index contributed by atoms with van der Waals surface area (Å²) in [7, 11) is 3.83. The van der Waals surface area contributed by atoms with E-state index >= 15 is 0 Å². The summed E-state index contributed by atoms with van der Waals surface area (Å²) in [6, 6.07) is 2.20. The van der Waals surface area contributed by atoms with Crippen LogP contribution in [0.25, 0.3) is 0 Å². The molecule has 0 bridgehead atoms. The summed E-state index contributed by atoms with van der Waals surface area (Å²) < 4.78 is 7.24. The lowest BCUT2D eigenvalue weighted by Gasteiger charge is -2.51. The molecule has 0 N–H and O–H groups in total. The van der Waals surface area contributed by atoms with E-state index in [0.717, 1.165) is 25.4 Å². The van der Waals surface area contributed by atoms with Crippen LogP contribution in [0.15, 0.2) is 6.07 Å². The Morgan fingerprint density at radius 1 is 1.35 bits per heavy atom. The average molecular weight is 278 g/mol. The van der Waals surface area contributed by atoms with E-state index in [1.165, 1.54) is 38.2 Å². The minimum absolute atomic E-state index is 0.437. The van der Waals surface area contributed by atoms with Crippen molar-refractivity contribution >= 4 is 0 Å². The Bertz CT molecular complexity index is 472. The number of likely N-dealkylation sites (tertiary alicyclic amines) is 2. The lowest BCUT2D eigenvalue weighted by molar-refractivity contribution is -0.0228. The second kappa shape index (κ2) is 5.47. The molecule has 0 radical (unpaired) electrons. The van der Waals surface area contributed by atoms with Gasteiger partial charge >= 0.3 is 0 Å². The minimum atomic E-state index is 0.437. The van der Waals surface area contributed by atoms with Crippen LogP contribution >= 0.6 is 0 Å². The topological polar surface area (TPSA) is 33.5 Å².